The molecule has 1 aliphatic heterocycles. The standard InChI is InChI=1S/C14H23Cl2N5O2S.HI/c1-17-14(19-10-11-9-12(15)13(16)20(11)2)18-3-4-21-5-7-24(22,23)8-6-21;/h9H,3-8,10H2,1-2H3,(H2,17,18,19);1H. The zero-order valence-corrected chi connectivity index (χ0v) is 18.9. The lowest BCUT2D eigenvalue weighted by molar-refractivity contribution is 0.299. The number of sulfone groups is 1. The van der Waals surface area contributed by atoms with Crippen molar-refractivity contribution in [2.24, 2.45) is 12.0 Å². The maximum atomic E-state index is 11.4. The van der Waals surface area contributed by atoms with E-state index in [0.29, 0.717) is 42.3 Å². The van der Waals surface area contributed by atoms with E-state index in [1.54, 1.807) is 7.05 Å². The summed E-state index contributed by atoms with van der Waals surface area (Å²) in [4.78, 5) is 6.31. The van der Waals surface area contributed by atoms with Crippen LogP contribution in [0.2, 0.25) is 10.2 Å². The number of aromatic nitrogens is 1. The van der Waals surface area contributed by atoms with Gasteiger partial charge in [0.25, 0.3) is 0 Å². The number of halogens is 3. The van der Waals surface area contributed by atoms with Crippen molar-refractivity contribution in [1.29, 1.82) is 0 Å². The summed E-state index contributed by atoms with van der Waals surface area (Å²) in [6.45, 7) is 3.20. The van der Waals surface area contributed by atoms with Crippen LogP contribution >= 0.6 is 47.2 Å². The van der Waals surface area contributed by atoms with Crippen molar-refractivity contribution in [1.82, 2.24) is 20.1 Å². The minimum absolute atomic E-state index is 0. The molecule has 1 aromatic heterocycles. The first-order valence-corrected chi connectivity index (χ1v) is 10.3. The van der Waals surface area contributed by atoms with Gasteiger partial charge in [-0.3, -0.25) is 9.89 Å². The number of nitrogens with zero attached hydrogens (tertiary/aromatic N) is 3. The molecular weight excluding hydrogens is 500 g/mol. The van der Waals surface area contributed by atoms with Crippen LogP contribution in [0.5, 0.6) is 0 Å². The van der Waals surface area contributed by atoms with Crippen LogP contribution in [0.4, 0.5) is 0 Å². The first-order chi connectivity index (χ1) is 11.3. The maximum absolute atomic E-state index is 11.4. The third-order valence-electron chi connectivity index (χ3n) is 4.03. The second-order valence-corrected chi connectivity index (χ2v) is 8.75. The molecule has 0 aliphatic carbocycles. The third-order valence-corrected chi connectivity index (χ3v) is 6.48. The molecule has 11 heteroatoms. The zero-order valence-electron chi connectivity index (χ0n) is 14.3. The summed E-state index contributed by atoms with van der Waals surface area (Å²) >= 11 is 12.0. The largest absolute Gasteiger partial charge is 0.355 e. The van der Waals surface area contributed by atoms with Gasteiger partial charge in [-0.1, -0.05) is 23.2 Å². The lowest BCUT2D eigenvalue weighted by atomic mass is 10.4. The molecule has 0 atom stereocenters. The normalized spacial score (nSPS) is 17.8. The fraction of sp³-hybridized carbons (Fsp3) is 0.643. The molecule has 1 aromatic rings. The second kappa shape index (κ2) is 10.2. The third kappa shape index (κ3) is 6.78. The SMILES string of the molecule is CN=C(NCCN1CCS(=O)(=O)CC1)NCc1cc(Cl)c(Cl)n1C.I. The number of guanidine groups is 1. The van der Waals surface area contributed by atoms with E-state index in [9.17, 15) is 8.42 Å². The maximum Gasteiger partial charge on any atom is 0.191 e. The minimum Gasteiger partial charge on any atom is -0.355 e. The molecule has 0 aromatic carbocycles. The molecule has 2 N–H and O–H groups in total. The molecule has 2 heterocycles. The molecule has 144 valence electrons. The molecule has 0 saturated carbocycles. The number of hydrogen-bond acceptors (Lipinski definition) is 4. The molecule has 1 aliphatic rings. The van der Waals surface area contributed by atoms with E-state index in [4.69, 9.17) is 23.2 Å². The van der Waals surface area contributed by atoms with Gasteiger partial charge in [-0.25, -0.2) is 8.42 Å². The summed E-state index contributed by atoms with van der Waals surface area (Å²) in [7, 11) is 0.727. The second-order valence-electron chi connectivity index (χ2n) is 5.68. The van der Waals surface area contributed by atoms with Crippen molar-refractivity contribution in [2.45, 2.75) is 6.54 Å². The van der Waals surface area contributed by atoms with Crippen LogP contribution in [0.15, 0.2) is 11.1 Å². The van der Waals surface area contributed by atoms with Crippen LogP contribution in [-0.4, -0.2) is 68.6 Å². The lowest BCUT2D eigenvalue weighted by Crippen LogP contribution is -2.45. The Bertz CT molecular complexity index is 694. The Kier molecular flexibility index (Phi) is 9.30. The quantitative estimate of drug-likeness (QED) is 0.346. The fourth-order valence-electron chi connectivity index (χ4n) is 2.46. The summed E-state index contributed by atoms with van der Waals surface area (Å²) < 4.78 is 24.6. The number of aliphatic imine (C=N–C) groups is 1. The van der Waals surface area contributed by atoms with E-state index < -0.39 is 9.84 Å². The highest BCUT2D eigenvalue weighted by Gasteiger charge is 2.20. The van der Waals surface area contributed by atoms with Gasteiger partial charge in [0.15, 0.2) is 15.8 Å². The van der Waals surface area contributed by atoms with Crippen molar-refractivity contribution in [2.75, 3.05) is 44.7 Å². The van der Waals surface area contributed by atoms with Crippen LogP contribution in [0.1, 0.15) is 5.69 Å². The smallest absolute Gasteiger partial charge is 0.191 e. The van der Waals surface area contributed by atoms with Gasteiger partial charge in [-0.2, -0.15) is 0 Å². The Morgan fingerprint density at radius 1 is 1.28 bits per heavy atom. The van der Waals surface area contributed by atoms with Gasteiger partial charge < -0.3 is 15.2 Å². The number of nitrogens with one attached hydrogen (secondary N) is 2. The highest BCUT2D eigenvalue weighted by Crippen LogP contribution is 2.24. The highest BCUT2D eigenvalue weighted by atomic mass is 127. The minimum atomic E-state index is -2.83. The van der Waals surface area contributed by atoms with E-state index in [-0.39, 0.29) is 35.5 Å². The fourth-order valence-corrected chi connectivity index (χ4v) is 4.15. The van der Waals surface area contributed by atoms with Gasteiger partial charge in [0.1, 0.15) is 5.15 Å². The predicted octanol–water partition coefficient (Wildman–Crippen LogP) is 1.35. The summed E-state index contributed by atoms with van der Waals surface area (Å²) in [6.07, 6.45) is 0. The highest BCUT2D eigenvalue weighted by molar-refractivity contribution is 14.0. The molecule has 0 spiro atoms. The molecule has 0 amide bonds. The Morgan fingerprint density at radius 3 is 2.44 bits per heavy atom. The van der Waals surface area contributed by atoms with E-state index in [2.05, 4.69) is 20.5 Å². The van der Waals surface area contributed by atoms with Crippen molar-refractivity contribution in [3.05, 3.63) is 21.9 Å². The number of rotatable bonds is 5. The summed E-state index contributed by atoms with van der Waals surface area (Å²) in [5.74, 6) is 1.16. The Morgan fingerprint density at radius 2 is 1.92 bits per heavy atom. The van der Waals surface area contributed by atoms with E-state index >= 15 is 0 Å². The van der Waals surface area contributed by atoms with Crippen LogP contribution < -0.4 is 10.6 Å². The molecule has 0 unspecified atom stereocenters. The zero-order chi connectivity index (χ0) is 17.7. The predicted molar refractivity (Wildman–Crippen MR) is 114 cm³/mol. The van der Waals surface area contributed by atoms with Gasteiger partial charge in [-0.05, 0) is 6.07 Å². The number of hydrogen-bond donors (Lipinski definition) is 2. The molecule has 1 saturated heterocycles. The molecule has 1 fully saturated rings. The van der Waals surface area contributed by atoms with Crippen molar-refractivity contribution in [3.63, 3.8) is 0 Å². The van der Waals surface area contributed by atoms with Crippen LogP contribution in [-0.2, 0) is 23.4 Å². The Hall–Kier alpha value is -0.230. The topological polar surface area (TPSA) is 78.7 Å². The van der Waals surface area contributed by atoms with Crippen molar-refractivity contribution < 1.29 is 8.42 Å². The van der Waals surface area contributed by atoms with Crippen LogP contribution in [0.25, 0.3) is 0 Å². The van der Waals surface area contributed by atoms with Crippen molar-refractivity contribution in [3.8, 4) is 0 Å². The Labute approximate surface area is 176 Å². The van der Waals surface area contributed by atoms with Gasteiger partial charge in [0.05, 0.1) is 23.1 Å². The Balaban J connectivity index is 0.00000312. The van der Waals surface area contributed by atoms with Gasteiger partial charge in [-0.15, -0.1) is 24.0 Å². The average Bonchev–Trinajstić information content (AvgIpc) is 2.79. The van der Waals surface area contributed by atoms with Crippen LogP contribution in [0, 0.1) is 0 Å². The molecule has 25 heavy (non-hydrogen) atoms. The summed E-state index contributed by atoms with van der Waals surface area (Å²) in [5, 5.41) is 7.46. The average molecular weight is 524 g/mol. The molecule has 2 rings (SSSR count). The molecule has 0 radical (unpaired) electrons. The van der Waals surface area contributed by atoms with Crippen molar-refractivity contribution >= 4 is 63.0 Å². The van der Waals surface area contributed by atoms with E-state index in [1.165, 1.54) is 0 Å². The van der Waals surface area contributed by atoms with Gasteiger partial charge in [0, 0.05) is 46.0 Å². The first kappa shape index (κ1) is 22.8. The van der Waals surface area contributed by atoms with Gasteiger partial charge in [0.2, 0.25) is 0 Å². The first-order valence-electron chi connectivity index (χ1n) is 7.69. The van der Waals surface area contributed by atoms with E-state index in [0.717, 1.165) is 12.2 Å². The molecular formula is C14H24Cl2IN5O2S. The van der Waals surface area contributed by atoms with E-state index in [1.807, 2.05) is 17.7 Å². The summed E-state index contributed by atoms with van der Waals surface area (Å²) in [5.41, 5.74) is 0.953. The lowest BCUT2D eigenvalue weighted by Gasteiger charge is -2.26. The molecule has 0 bridgehead atoms. The van der Waals surface area contributed by atoms with Gasteiger partial charge >= 0.3 is 0 Å². The summed E-state index contributed by atoms with van der Waals surface area (Å²) in [6, 6.07) is 1.82. The molecule has 7 nitrogen and oxygen atoms in total. The monoisotopic (exact) mass is 523 g/mol. The van der Waals surface area contributed by atoms with Crippen LogP contribution in [0.3, 0.4) is 0 Å².